The second-order valence-corrected chi connectivity index (χ2v) is 12.4. The first-order valence-corrected chi connectivity index (χ1v) is 16.3. The number of esters is 2. The molecule has 0 spiro atoms. The lowest BCUT2D eigenvalue weighted by atomic mass is 9.95. The molecule has 1 heterocycles. The minimum atomic E-state index is -0.466. The zero-order valence-corrected chi connectivity index (χ0v) is 28.6. The van der Waals surface area contributed by atoms with Gasteiger partial charge < -0.3 is 25.3 Å². The first kappa shape index (κ1) is 35.0. The number of ether oxygens (including phenoxy) is 3. The molecule has 1 aliphatic carbocycles. The van der Waals surface area contributed by atoms with Crippen LogP contribution in [0.5, 0.6) is 5.75 Å². The highest BCUT2D eigenvalue weighted by molar-refractivity contribution is 9.10. The van der Waals surface area contributed by atoms with Crippen molar-refractivity contribution < 1.29 is 28.6 Å². The fourth-order valence-electron chi connectivity index (χ4n) is 5.35. The molecule has 0 atom stereocenters. The Kier molecular flexibility index (Phi) is 12.7. The maximum atomic E-state index is 12.7. The topological polar surface area (TPSA) is 122 Å². The molecule has 1 fully saturated rings. The van der Waals surface area contributed by atoms with Crippen LogP contribution in [0.3, 0.4) is 0 Å². The van der Waals surface area contributed by atoms with Crippen molar-refractivity contribution in [1.29, 1.82) is 0 Å². The Labute approximate surface area is 282 Å². The molecule has 1 aromatic heterocycles. The number of aromatic nitrogens is 1. The molecule has 244 valence electrons. The number of aryl methyl sites for hydroxylation is 1. The summed E-state index contributed by atoms with van der Waals surface area (Å²) in [6.45, 7) is 3.91. The fourth-order valence-corrected chi connectivity index (χ4v) is 5.98. The molecule has 1 saturated carbocycles. The van der Waals surface area contributed by atoms with E-state index in [0.29, 0.717) is 38.9 Å². The van der Waals surface area contributed by atoms with Crippen molar-refractivity contribution in [2.75, 3.05) is 26.1 Å². The normalized spacial score (nSPS) is 13.1. The number of carbonyl (C=O) groups is 3. The number of fused-ring (bicyclic) bond motifs is 1. The minimum Gasteiger partial charge on any atom is -0.497 e. The lowest BCUT2D eigenvalue weighted by Crippen LogP contribution is -2.30. The zero-order chi connectivity index (χ0) is 33.2. The molecule has 0 amide bonds. The summed E-state index contributed by atoms with van der Waals surface area (Å²) in [6.07, 6.45) is 6.18. The number of nitrogen functional groups attached to an aromatic ring is 1. The van der Waals surface area contributed by atoms with E-state index in [1.54, 1.807) is 48.1 Å². The minimum absolute atomic E-state index is 0.0239. The van der Waals surface area contributed by atoms with Gasteiger partial charge in [0.1, 0.15) is 19.0 Å². The summed E-state index contributed by atoms with van der Waals surface area (Å²) in [5.41, 5.74) is 10.4. The van der Waals surface area contributed by atoms with E-state index >= 15 is 0 Å². The molecule has 1 aliphatic rings. The first-order chi connectivity index (χ1) is 22.1. The Morgan fingerprint density at radius 1 is 0.957 bits per heavy atom. The number of nitrogens with one attached hydrogen (secondary N) is 1. The number of nitrogens with zero attached hydrogens (tertiary/aromatic N) is 1. The fraction of sp³-hybridized carbons (Fsp3) is 0.343. The smallest absolute Gasteiger partial charge is 0.338 e. The molecule has 9 nitrogen and oxygen atoms in total. The lowest BCUT2D eigenvalue weighted by molar-refractivity contribution is -0.142. The average Bonchev–Trinajstić information content (AvgIpc) is 3.38. The maximum Gasteiger partial charge on any atom is 0.338 e. The summed E-state index contributed by atoms with van der Waals surface area (Å²) < 4.78 is 17.5. The van der Waals surface area contributed by atoms with Gasteiger partial charge in [-0.1, -0.05) is 30.9 Å². The standard InChI is InChI=1S/C18H25BrN2O4.C17H14ClNO2/c1-12(22)24-7-8-25-18(23)13-9-14(17(20)16(19)10-13)11-21-15-5-3-2-4-6-15;1-11-9-13-10-15(21-2)7-8-16(13)19(11)17(20)12-3-5-14(18)6-4-12/h9-10,15,21H,2-8,11,20H2,1H3;3-10H,1-2H3. The molecule has 0 saturated heterocycles. The van der Waals surface area contributed by atoms with Gasteiger partial charge in [-0.05, 0) is 102 Å². The number of halogens is 2. The number of methoxy groups -OCH3 is 1. The Morgan fingerprint density at radius 3 is 2.33 bits per heavy atom. The molecule has 4 aromatic rings. The van der Waals surface area contributed by atoms with Gasteiger partial charge in [0.25, 0.3) is 5.91 Å². The highest BCUT2D eigenvalue weighted by atomic mass is 79.9. The predicted molar refractivity (Wildman–Crippen MR) is 184 cm³/mol. The van der Waals surface area contributed by atoms with Crippen LogP contribution in [0.1, 0.15) is 71.0 Å². The quantitative estimate of drug-likeness (QED) is 0.104. The summed E-state index contributed by atoms with van der Waals surface area (Å²) >= 11 is 9.27. The molecule has 0 aliphatic heterocycles. The molecule has 46 heavy (non-hydrogen) atoms. The third-order valence-electron chi connectivity index (χ3n) is 7.75. The molecular weight excluding hydrogens is 674 g/mol. The number of anilines is 1. The van der Waals surface area contributed by atoms with Crippen LogP contribution in [-0.2, 0) is 20.8 Å². The van der Waals surface area contributed by atoms with E-state index in [4.69, 9.17) is 31.5 Å². The average molecular weight is 713 g/mol. The summed E-state index contributed by atoms with van der Waals surface area (Å²) in [6, 6.07) is 18.5. The van der Waals surface area contributed by atoms with Crippen molar-refractivity contribution in [2.24, 2.45) is 0 Å². The predicted octanol–water partition coefficient (Wildman–Crippen LogP) is 7.47. The van der Waals surface area contributed by atoms with Crippen molar-refractivity contribution >= 4 is 62.0 Å². The van der Waals surface area contributed by atoms with Crippen molar-refractivity contribution in [3.63, 3.8) is 0 Å². The van der Waals surface area contributed by atoms with Gasteiger partial charge in [0, 0.05) is 45.6 Å². The van der Waals surface area contributed by atoms with Crippen LogP contribution in [0, 0.1) is 6.92 Å². The molecule has 3 aromatic carbocycles. The lowest BCUT2D eigenvalue weighted by Gasteiger charge is -2.23. The number of hydrogen-bond acceptors (Lipinski definition) is 8. The van der Waals surface area contributed by atoms with Gasteiger partial charge in [0.05, 0.1) is 23.9 Å². The Bertz CT molecular complexity index is 1680. The van der Waals surface area contributed by atoms with Gasteiger partial charge >= 0.3 is 11.9 Å². The summed E-state index contributed by atoms with van der Waals surface area (Å²) in [5.74, 6) is -0.156. The number of benzene rings is 3. The number of nitrogens with two attached hydrogens (primary N) is 1. The maximum absolute atomic E-state index is 12.7. The Morgan fingerprint density at radius 2 is 1.65 bits per heavy atom. The Balaban J connectivity index is 0.000000211. The molecule has 0 bridgehead atoms. The van der Waals surface area contributed by atoms with E-state index in [1.807, 2.05) is 31.2 Å². The first-order valence-electron chi connectivity index (χ1n) is 15.2. The van der Waals surface area contributed by atoms with Crippen molar-refractivity contribution in [3.8, 4) is 5.75 Å². The highest BCUT2D eigenvalue weighted by Crippen LogP contribution is 2.28. The second-order valence-electron chi connectivity index (χ2n) is 11.1. The van der Waals surface area contributed by atoms with Crippen LogP contribution in [0.4, 0.5) is 5.69 Å². The zero-order valence-electron chi connectivity index (χ0n) is 26.2. The van der Waals surface area contributed by atoms with Crippen LogP contribution in [-0.4, -0.2) is 48.8 Å². The summed E-state index contributed by atoms with van der Waals surface area (Å²) in [5, 5.41) is 5.12. The molecule has 11 heteroatoms. The van der Waals surface area contributed by atoms with E-state index in [9.17, 15) is 14.4 Å². The molecule has 3 N–H and O–H groups in total. The van der Waals surface area contributed by atoms with Crippen LogP contribution in [0.25, 0.3) is 10.9 Å². The number of hydrogen-bond donors (Lipinski definition) is 2. The molecule has 5 rings (SSSR count). The van der Waals surface area contributed by atoms with Crippen molar-refractivity contribution in [3.05, 3.63) is 92.5 Å². The van der Waals surface area contributed by atoms with Crippen LogP contribution < -0.4 is 15.8 Å². The van der Waals surface area contributed by atoms with Gasteiger partial charge in [0.15, 0.2) is 0 Å². The van der Waals surface area contributed by atoms with Gasteiger partial charge in [-0.2, -0.15) is 0 Å². The van der Waals surface area contributed by atoms with Crippen LogP contribution in [0.15, 0.2) is 65.1 Å². The second kappa shape index (κ2) is 16.6. The summed E-state index contributed by atoms with van der Waals surface area (Å²) in [4.78, 5) is 35.6. The van der Waals surface area contributed by atoms with Crippen molar-refractivity contribution in [1.82, 2.24) is 9.88 Å². The van der Waals surface area contributed by atoms with Gasteiger partial charge in [-0.25, -0.2) is 4.79 Å². The third kappa shape index (κ3) is 9.34. The number of rotatable bonds is 9. The third-order valence-corrected chi connectivity index (χ3v) is 8.65. The van der Waals surface area contributed by atoms with Gasteiger partial charge in [0.2, 0.25) is 0 Å². The SMILES string of the molecule is CC(=O)OCCOC(=O)c1cc(Br)c(N)c(CNC2CCCCC2)c1.COc1ccc2c(c1)cc(C)n2C(=O)c1ccc(Cl)cc1. The van der Waals surface area contributed by atoms with Gasteiger partial charge in [-0.3, -0.25) is 14.2 Å². The Hall–Kier alpha value is -3.86. The highest BCUT2D eigenvalue weighted by Gasteiger charge is 2.17. The van der Waals surface area contributed by atoms with E-state index in [-0.39, 0.29) is 19.1 Å². The molecule has 0 unspecified atom stereocenters. The summed E-state index contributed by atoms with van der Waals surface area (Å²) in [7, 11) is 1.63. The van der Waals surface area contributed by atoms with E-state index in [1.165, 1.54) is 39.0 Å². The van der Waals surface area contributed by atoms with Gasteiger partial charge in [-0.15, -0.1) is 0 Å². The number of carbonyl (C=O) groups excluding carboxylic acids is 3. The van der Waals surface area contributed by atoms with E-state index < -0.39 is 11.9 Å². The molecule has 0 radical (unpaired) electrons. The van der Waals surface area contributed by atoms with E-state index in [0.717, 1.165) is 27.9 Å². The monoisotopic (exact) mass is 711 g/mol. The van der Waals surface area contributed by atoms with Crippen LogP contribution >= 0.6 is 27.5 Å². The van der Waals surface area contributed by atoms with Crippen molar-refractivity contribution in [2.45, 2.75) is 58.5 Å². The van der Waals surface area contributed by atoms with E-state index in [2.05, 4.69) is 21.2 Å². The molecular formula is C35H39BrClN3O6. The van der Waals surface area contributed by atoms with Crippen LogP contribution in [0.2, 0.25) is 5.02 Å². The largest absolute Gasteiger partial charge is 0.497 e.